The summed E-state index contributed by atoms with van der Waals surface area (Å²) in [5.74, 6) is 0.0913. The van der Waals surface area contributed by atoms with Crippen LogP contribution in [-0.4, -0.2) is 10.1 Å². The van der Waals surface area contributed by atoms with E-state index in [2.05, 4.69) is 26.1 Å². The smallest absolute Gasteiger partial charge is 0.261 e. The van der Waals surface area contributed by atoms with Gasteiger partial charge in [-0.15, -0.1) is 11.3 Å². The molecule has 0 saturated heterocycles. The number of thiophene rings is 1. The van der Waals surface area contributed by atoms with Gasteiger partial charge in [-0.2, -0.15) is 4.98 Å². The first-order valence-corrected chi connectivity index (χ1v) is 6.94. The number of nitrogen functional groups attached to an aromatic ring is 1. The monoisotopic (exact) mass is 339 g/mol. The van der Waals surface area contributed by atoms with Crippen molar-refractivity contribution in [2.75, 3.05) is 5.73 Å². The number of aromatic nitrogens is 2. The predicted octanol–water partition coefficient (Wildman–Crippen LogP) is 3.95. The molecule has 96 valence electrons. The maximum atomic E-state index is 13.7. The van der Waals surface area contributed by atoms with Crippen LogP contribution in [0.2, 0.25) is 0 Å². The molecule has 0 bridgehead atoms. The first-order valence-electron chi connectivity index (χ1n) is 5.27. The minimum atomic E-state index is -0.447. The van der Waals surface area contributed by atoms with Crippen LogP contribution in [0.1, 0.15) is 0 Å². The summed E-state index contributed by atoms with van der Waals surface area (Å²) in [4.78, 5) is 5.02. The largest absolute Gasteiger partial charge is 0.399 e. The van der Waals surface area contributed by atoms with Gasteiger partial charge in [0.05, 0.1) is 10.4 Å². The highest BCUT2D eigenvalue weighted by Crippen LogP contribution is 2.30. The molecule has 0 atom stereocenters. The second kappa shape index (κ2) is 4.75. The van der Waals surface area contributed by atoms with Crippen molar-refractivity contribution >= 4 is 33.0 Å². The molecule has 3 aromatic rings. The molecule has 1 aromatic carbocycles. The van der Waals surface area contributed by atoms with Gasteiger partial charge in [0.15, 0.2) is 0 Å². The zero-order valence-electron chi connectivity index (χ0n) is 9.43. The van der Waals surface area contributed by atoms with Crippen LogP contribution in [0.4, 0.5) is 10.1 Å². The Morgan fingerprint density at radius 2 is 2.16 bits per heavy atom. The second-order valence-electron chi connectivity index (χ2n) is 3.79. The molecule has 0 aliphatic carbocycles. The third kappa shape index (κ3) is 2.39. The van der Waals surface area contributed by atoms with Gasteiger partial charge in [0.25, 0.3) is 5.89 Å². The minimum Gasteiger partial charge on any atom is -0.399 e. The SMILES string of the molecule is Nc1ccc(F)c(-c2nc(-c3cc(Br)cs3)no2)c1. The second-order valence-corrected chi connectivity index (χ2v) is 5.62. The molecule has 0 aliphatic heterocycles. The fourth-order valence-electron chi connectivity index (χ4n) is 1.57. The van der Waals surface area contributed by atoms with Crippen molar-refractivity contribution in [2.45, 2.75) is 0 Å². The lowest BCUT2D eigenvalue weighted by Gasteiger charge is -1.98. The molecule has 2 N–H and O–H groups in total. The Morgan fingerprint density at radius 3 is 2.89 bits per heavy atom. The van der Waals surface area contributed by atoms with Crippen molar-refractivity contribution < 1.29 is 8.91 Å². The molecule has 3 rings (SSSR count). The molecular formula is C12H7BrFN3OS. The standard InChI is InChI=1S/C12H7BrFN3OS/c13-6-3-10(19-5-6)11-16-12(18-17-11)8-4-7(15)1-2-9(8)14/h1-5H,15H2. The number of nitrogens with two attached hydrogens (primary N) is 1. The molecule has 2 aromatic heterocycles. The fraction of sp³-hybridized carbons (Fsp3) is 0. The van der Waals surface area contributed by atoms with Gasteiger partial charge in [0, 0.05) is 15.5 Å². The summed E-state index contributed by atoms with van der Waals surface area (Å²) in [5.41, 5.74) is 6.27. The molecular weight excluding hydrogens is 333 g/mol. The maximum absolute atomic E-state index is 13.7. The van der Waals surface area contributed by atoms with E-state index in [0.717, 1.165) is 9.35 Å². The zero-order chi connectivity index (χ0) is 13.4. The number of halogens is 2. The summed E-state index contributed by atoms with van der Waals surface area (Å²) < 4.78 is 19.7. The molecule has 0 spiro atoms. The van der Waals surface area contributed by atoms with E-state index in [9.17, 15) is 4.39 Å². The Hall–Kier alpha value is -1.73. The summed E-state index contributed by atoms with van der Waals surface area (Å²) in [5, 5.41) is 5.75. The van der Waals surface area contributed by atoms with Crippen LogP contribution in [0.15, 0.2) is 38.6 Å². The Morgan fingerprint density at radius 1 is 1.32 bits per heavy atom. The van der Waals surface area contributed by atoms with E-state index < -0.39 is 5.82 Å². The van der Waals surface area contributed by atoms with Gasteiger partial charge in [-0.3, -0.25) is 0 Å². The van der Waals surface area contributed by atoms with Gasteiger partial charge >= 0.3 is 0 Å². The van der Waals surface area contributed by atoms with Gasteiger partial charge in [-0.05, 0) is 40.2 Å². The molecule has 0 fully saturated rings. The van der Waals surface area contributed by atoms with Crippen LogP contribution in [0, 0.1) is 5.82 Å². The Labute approximate surface area is 120 Å². The van der Waals surface area contributed by atoms with E-state index in [1.165, 1.54) is 29.5 Å². The van der Waals surface area contributed by atoms with Crippen LogP contribution < -0.4 is 5.73 Å². The molecule has 0 saturated carbocycles. The van der Waals surface area contributed by atoms with Gasteiger partial charge < -0.3 is 10.3 Å². The molecule has 19 heavy (non-hydrogen) atoms. The van der Waals surface area contributed by atoms with E-state index in [1.54, 1.807) is 0 Å². The van der Waals surface area contributed by atoms with Crippen molar-refractivity contribution in [3.05, 3.63) is 39.9 Å². The molecule has 0 unspecified atom stereocenters. The van der Waals surface area contributed by atoms with Gasteiger partial charge in [0.2, 0.25) is 5.82 Å². The van der Waals surface area contributed by atoms with Crippen molar-refractivity contribution in [2.24, 2.45) is 0 Å². The molecule has 2 heterocycles. The quantitative estimate of drug-likeness (QED) is 0.718. The summed E-state index contributed by atoms with van der Waals surface area (Å²) in [6.07, 6.45) is 0. The van der Waals surface area contributed by atoms with Crippen LogP contribution in [-0.2, 0) is 0 Å². The highest BCUT2D eigenvalue weighted by molar-refractivity contribution is 9.10. The van der Waals surface area contributed by atoms with E-state index in [4.69, 9.17) is 10.3 Å². The third-order valence-electron chi connectivity index (χ3n) is 2.43. The average molecular weight is 340 g/mol. The average Bonchev–Trinajstić information content (AvgIpc) is 3.00. The molecule has 0 radical (unpaired) electrons. The lowest BCUT2D eigenvalue weighted by Crippen LogP contribution is -1.89. The van der Waals surface area contributed by atoms with Crippen molar-refractivity contribution in [1.82, 2.24) is 10.1 Å². The van der Waals surface area contributed by atoms with E-state index in [1.807, 2.05) is 11.4 Å². The van der Waals surface area contributed by atoms with Gasteiger partial charge in [-0.25, -0.2) is 4.39 Å². The van der Waals surface area contributed by atoms with Crippen LogP contribution in [0.25, 0.3) is 22.2 Å². The zero-order valence-corrected chi connectivity index (χ0v) is 11.8. The number of hydrogen-bond donors (Lipinski definition) is 1. The lowest BCUT2D eigenvalue weighted by molar-refractivity contribution is 0.430. The first kappa shape index (κ1) is 12.3. The van der Waals surface area contributed by atoms with E-state index in [-0.39, 0.29) is 11.5 Å². The normalized spacial score (nSPS) is 10.8. The Balaban J connectivity index is 2.03. The van der Waals surface area contributed by atoms with Crippen LogP contribution in [0.3, 0.4) is 0 Å². The number of anilines is 1. The Bertz CT molecular complexity index is 740. The maximum Gasteiger partial charge on any atom is 0.261 e. The third-order valence-corrected chi connectivity index (χ3v) is 4.12. The van der Waals surface area contributed by atoms with E-state index in [0.29, 0.717) is 11.5 Å². The summed E-state index contributed by atoms with van der Waals surface area (Å²) in [6.45, 7) is 0. The summed E-state index contributed by atoms with van der Waals surface area (Å²) in [7, 11) is 0. The van der Waals surface area contributed by atoms with Gasteiger partial charge in [0.1, 0.15) is 5.82 Å². The van der Waals surface area contributed by atoms with Crippen molar-refractivity contribution in [1.29, 1.82) is 0 Å². The predicted molar refractivity (Wildman–Crippen MR) is 75.1 cm³/mol. The molecule has 0 aliphatic rings. The van der Waals surface area contributed by atoms with Crippen molar-refractivity contribution in [3.63, 3.8) is 0 Å². The molecule has 0 amide bonds. The highest BCUT2D eigenvalue weighted by Gasteiger charge is 2.15. The number of rotatable bonds is 2. The lowest BCUT2D eigenvalue weighted by atomic mass is 10.2. The Kier molecular flexibility index (Phi) is 3.08. The number of hydrogen-bond acceptors (Lipinski definition) is 5. The van der Waals surface area contributed by atoms with Crippen molar-refractivity contribution in [3.8, 4) is 22.2 Å². The number of benzene rings is 1. The van der Waals surface area contributed by atoms with Crippen LogP contribution in [0.5, 0.6) is 0 Å². The van der Waals surface area contributed by atoms with E-state index >= 15 is 0 Å². The first-order chi connectivity index (χ1) is 9.13. The fourth-order valence-corrected chi connectivity index (χ4v) is 2.92. The number of nitrogens with zero attached hydrogens (tertiary/aromatic N) is 2. The summed E-state index contributed by atoms with van der Waals surface area (Å²) in [6, 6.07) is 6.09. The topological polar surface area (TPSA) is 64.9 Å². The summed E-state index contributed by atoms with van der Waals surface area (Å²) >= 11 is 4.82. The highest BCUT2D eigenvalue weighted by atomic mass is 79.9. The minimum absolute atomic E-state index is 0.115. The molecule has 7 heteroatoms. The van der Waals surface area contributed by atoms with Crippen LogP contribution >= 0.6 is 27.3 Å². The molecule has 4 nitrogen and oxygen atoms in total. The van der Waals surface area contributed by atoms with Gasteiger partial charge in [-0.1, -0.05) is 5.16 Å².